The molecule has 0 aliphatic carbocycles. The van der Waals surface area contributed by atoms with Gasteiger partial charge in [-0.05, 0) is 87.0 Å². The Labute approximate surface area is 616 Å². The number of carbonyl (C=O) groups is 5. The highest BCUT2D eigenvalue weighted by atomic mass is 35.5. The minimum Gasteiger partial charge on any atom is -0.505 e. The second-order valence-electron chi connectivity index (χ2n) is 21.9. The highest BCUT2D eigenvalue weighted by molar-refractivity contribution is 8.00. The fourth-order valence-corrected chi connectivity index (χ4v) is 12.2. The van der Waals surface area contributed by atoms with Gasteiger partial charge in [0, 0.05) is 79.8 Å². The number of aromatic carboxylic acids is 1. The van der Waals surface area contributed by atoms with Gasteiger partial charge < -0.3 is 65.1 Å². The van der Waals surface area contributed by atoms with E-state index in [1.54, 1.807) is 18.7 Å². The molecule has 2 heterocycles. The maximum atomic E-state index is 12.5. The number of phenolic OH excluding ortho intramolecular Hbond substituents is 3. The molecule has 0 spiro atoms. The monoisotopic (exact) mass is 1570 g/mol. The van der Waals surface area contributed by atoms with Crippen LogP contribution in [0, 0.1) is 37.3 Å². The number of nitrogens with one attached hydrogen (secondary N) is 3. The average molecular weight is 1570 g/mol. The third kappa shape index (κ3) is 19.0. The molecule has 1 aliphatic heterocycles. The number of furan rings is 1. The molecule has 0 saturated carbocycles. The normalized spacial score (nSPS) is 12.3. The van der Waals surface area contributed by atoms with E-state index in [4.69, 9.17) is 95.5 Å². The number of hydrogen-bond acceptors (Lipinski definition) is 24. The number of hydrogen-bond donors (Lipinski definition) is 7. The van der Waals surface area contributed by atoms with Gasteiger partial charge in [0.15, 0.2) is 17.2 Å². The van der Waals surface area contributed by atoms with Gasteiger partial charge in [0.1, 0.15) is 60.9 Å². The van der Waals surface area contributed by atoms with Crippen molar-refractivity contribution in [3.63, 3.8) is 0 Å². The Morgan fingerprint density at radius 2 is 0.912 bits per heavy atom. The predicted molar refractivity (Wildman–Crippen MR) is 387 cm³/mol. The lowest BCUT2D eigenvalue weighted by Crippen LogP contribution is -2.38. The summed E-state index contributed by atoms with van der Waals surface area (Å²) in [4.78, 5) is 141. The number of ether oxygens (including phenoxy) is 1. The fourth-order valence-electron chi connectivity index (χ4n) is 8.97. The highest BCUT2D eigenvalue weighted by Crippen LogP contribution is 2.43. The smallest absolute Gasteiger partial charge is 0.339 e. The van der Waals surface area contributed by atoms with Crippen LogP contribution < -0.4 is 42.4 Å². The van der Waals surface area contributed by atoms with E-state index in [1.807, 2.05) is 19.1 Å². The van der Waals surface area contributed by atoms with Gasteiger partial charge in [0.2, 0.25) is 5.75 Å². The first kappa shape index (κ1) is 82.7. The molecular weight excluding hydrogens is 1510 g/mol. The van der Waals surface area contributed by atoms with Crippen molar-refractivity contribution < 1.29 is 68.3 Å². The zero-order valence-electron chi connectivity index (χ0n) is 54.8. The standard InChI is InChI=1S/C23H24ClN3O5S.C15H15ClN2O5.C9H8Cl2N2O3.C9H9ClN2O4.C7H3Cl2NO4/c1-11-6-9-14(32-11)17(15-5-4-10-33-15)26-19-18(21(29)22(19)30)25-13-8-7-12(24)16(20(13)28)23(31)27(2)3;1-4-23-14-10(12(20)13(14)21)17-8-6-5-7(16)9(11(8)19)15(22)18(2)3;1-12(2)9(14)7-5(10)3-4-6(8(7)11)13(15)16;1-11(2)9(14)7-5(10)3-4-6(8(7)13)12(15)16;8-3-1-2-4(10(13)14)6(9)5(3)7(11)12/h6-9,15,17,25-26,28H,4-5,10H2,1-3H3;5-6,17,19H,4H2,1-3H3;3-4H,1-2H3;3-4,13H,1-2H3;1-2H,(H,11,12)/t15-,17?;;;;/m0..../s1. The van der Waals surface area contributed by atoms with E-state index in [2.05, 4.69) is 16.0 Å². The first-order valence-electron chi connectivity index (χ1n) is 29.0. The largest absolute Gasteiger partial charge is 0.505 e. The molecule has 4 amide bonds. The number of phenols is 3. The van der Waals surface area contributed by atoms with E-state index in [0.29, 0.717) is 5.76 Å². The van der Waals surface area contributed by atoms with Crippen molar-refractivity contribution in [1.82, 2.24) is 19.6 Å². The predicted octanol–water partition coefficient (Wildman–Crippen LogP) is 12.4. The van der Waals surface area contributed by atoms with E-state index in [1.165, 1.54) is 112 Å². The lowest BCUT2D eigenvalue weighted by Gasteiger charge is -2.25. The topological polar surface area (TPSA) is 435 Å². The minimum absolute atomic E-state index is 0.0251. The zero-order chi connectivity index (χ0) is 77.0. The van der Waals surface area contributed by atoms with Crippen LogP contribution in [-0.2, 0) is 0 Å². The number of rotatable bonds is 18. The van der Waals surface area contributed by atoms with Crippen LogP contribution in [0.15, 0.2) is 96.4 Å². The molecule has 102 heavy (non-hydrogen) atoms. The number of carboxylic acids is 1. The lowest BCUT2D eigenvalue weighted by molar-refractivity contribution is -0.385. The van der Waals surface area contributed by atoms with Crippen LogP contribution in [0.3, 0.4) is 0 Å². The number of aromatic hydroxyl groups is 3. The Kier molecular flexibility index (Phi) is 28.9. The number of nitro groups is 3. The van der Waals surface area contributed by atoms with E-state index in [9.17, 15) is 88.8 Å². The molecule has 8 aromatic rings. The molecular formula is C63H59Cl7N10O21S. The SMILES string of the molecule is CCOc1c(Nc2ccc(Cl)c(C(=O)N(C)C)c2O)c(=O)c1=O.CN(C)C(=O)c1c(Cl)ccc([N+](=O)[O-])c1Cl.CN(C)C(=O)c1c(Cl)ccc([N+](=O)[O-])c1O.Cc1ccc(C(Nc2c(Nc3ccc(Cl)c(C(=O)N(C)C)c3O)c(=O)c2=O)[C@@H]2CCCS2)o1.O=C(O)c1c(Cl)ccc([N+](=O)[O-])c1Cl. The van der Waals surface area contributed by atoms with Crippen LogP contribution in [0.4, 0.5) is 45.5 Å². The maximum Gasteiger partial charge on any atom is 0.339 e. The third-order valence-corrected chi connectivity index (χ3v) is 17.9. The Bertz CT molecular complexity index is 4670. The van der Waals surface area contributed by atoms with Gasteiger partial charge in [-0.1, -0.05) is 81.2 Å². The first-order valence-corrected chi connectivity index (χ1v) is 32.7. The number of halogens is 7. The molecule has 1 fully saturated rings. The number of anilines is 5. The summed E-state index contributed by atoms with van der Waals surface area (Å²) in [6, 6.07) is 16.0. The number of amides is 4. The molecule has 1 aliphatic rings. The van der Waals surface area contributed by atoms with Crippen molar-refractivity contribution in [3.05, 3.63) is 219 Å². The van der Waals surface area contributed by atoms with Crippen LogP contribution in [0.25, 0.3) is 0 Å². The number of carbonyl (C=O) groups excluding carboxylic acids is 4. The summed E-state index contributed by atoms with van der Waals surface area (Å²) in [7, 11) is 12.0. The Hall–Kier alpha value is -9.93. The van der Waals surface area contributed by atoms with Crippen molar-refractivity contribution >= 4 is 168 Å². The van der Waals surface area contributed by atoms with Gasteiger partial charge in [-0.25, -0.2) is 4.79 Å². The minimum atomic E-state index is -1.40. The van der Waals surface area contributed by atoms with Gasteiger partial charge in [0.05, 0.1) is 69.5 Å². The molecule has 1 saturated heterocycles. The Morgan fingerprint density at radius 3 is 1.30 bits per heavy atom. The number of aryl methyl sites for hydroxylation is 1. The van der Waals surface area contributed by atoms with E-state index in [-0.39, 0.29) is 110 Å². The van der Waals surface area contributed by atoms with E-state index in [0.717, 1.165) is 48.6 Å². The molecule has 542 valence electrons. The summed E-state index contributed by atoms with van der Waals surface area (Å²) in [6.45, 7) is 3.74. The molecule has 9 rings (SSSR count). The number of nitrogens with zero attached hydrogens (tertiary/aromatic N) is 7. The van der Waals surface area contributed by atoms with Crippen LogP contribution in [0.1, 0.15) is 89.1 Å². The summed E-state index contributed by atoms with van der Waals surface area (Å²) in [5.74, 6) is -2.59. The van der Waals surface area contributed by atoms with Crippen LogP contribution >= 0.6 is 93.0 Å². The summed E-state index contributed by atoms with van der Waals surface area (Å²) in [6.07, 6.45) is 2.01. The average Bonchev–Trinajstić information content (AvgIpc) is 0.951. The van der Waals surface area contributed by atoms with Crippen LogP contribution in [0.2, 0.25) is 35.2 Å². The first-order chi connectivity index (χ1) is 47.6. The van der Waals surface area contributed by atoms with Crippen molar-refractivity contribution in [1.29, 1.82) is 0 Å². The lowest BCUT2D eigenvalue weighted by atomic mass is 10.0. The Morgan fingerprint density at radius 1 is 0.539 bits per heavy atom. The van der Waals surface area contributed by atoms with Gasteiger partial charge in [-0.15, -0.1) is 0 Å². The van der Waals surface area contributed by atoms with Gasteiger partial charge in [-0.3, -0.25) is 68.7 Å². The number of carboxylic acid groups (broad SMARTS) is 1. The van der Waals surface area contributed by atoms with E-state index < -0.39 is 105 Å². The summed E-state index contributed by atoms with van der Waals surface area (Å²) < 4.78 is 10.9. The van der Waals surface area contributed by atoms with Gasteiger partial charge in [-0.2, -0.15) is 11.8 Å². The van der Waals surface area contributed by atoms with Gasteiger partial charge >= 0.3 is 11.7 Å². The molecule has 2 atom stereocenters. The van der Waals surface area contributed by atoms with Crippen LogP contribution in [0.5, 0.6) is 23.0 Å². The quantitative estimate of drug-likeness (QED) is 0.0181. The van der Waals surface area contributed by atoms with Crippen molar-refractivity contribution in [2.45, 2.75) is 38.0 Å². The Balaban J connectivity index is 0.000000240. The summed E-state index contributed by atoms with van der Waals surface area (Å²) >= 11 is 42.2. The van der Waals surface area contributed by atoms with Crippen molar-refractivity contribution in [2.75, 3.05) is 84.7 Å². The molecule has 0 bridgehead atoms. The second kappa shape index (κ2) is 35.6. The number of nitro benzene ring substituents is 3. The second-order valence-corrected chi connectivity index (χ2v) is 26.0. The van der Waals surface area contributed by atoms with E-state index >= 15 is 0 Å². The number of thioether (sulfide) groups is 1. The summed E-state index contributed by atoms with van der Waals surface area (Å²) in [5, 5.41) is 79.0. The zero-order valence-corrected chi connectivity index (χ0v) is 60.9. The molecule has 0 radical (unpaired) electrons. The molecule has 7 N–H and O–H groups in total. The van der Waals surface area contributed by atoms with Crippen LogP contribution in [-0.4, -0.2) is 158 Å². The molecule has 39 heteroatoms. The third-order valence-electron chi connectivity index (χ3n) is 14.1. The van der Waals surface area contributed by atoms with Crippen molar-refractivity contribution in [3.8, 4) is 23.0 Å². The highest BCUT2D eigenvalue weighted by Gasteiger charge is 2.35. The summed E-state index contributed by atoms with van der Waals surface area (Å²) in [5.41, 5.74) is -4.89. The molecule has 1 aromatic heterocycles. The molecule has 1 unspecified atom stereocenters. The fraction of sp³-hybridized carbons (Fsp3) is 0.254. The van der Waals surface area contributed by atoms with Crippen molar-refractivity contribution in [2.24, 2.45) is 0 Å². The number of benzene rings is 5. The molecule has 7 aromatic carbocycles. The molecule has 31 nitrogen and oxygen atoms in total. The maximum absolute atomic E-state index is 12.5. The van der Waals surface area contributed by atoms with Gasteiger partial charge in [0.25, 0.3) is 56.7 Å².